The molecule has 0 atom stereocenters. The fourth-order valence-corrected chi connectivity index (χ4v) is 2.89. The minimum Gasteiger partial charge on any atom is -0.428 e. The van der Waals surface area contributed by atoms with Gasteiger partial charge in [0.1, 0.15) is 11.5 Å². The number of carbonyl (C=O) groups is 2. The molecule has 0 bridgehead atoms. The summed E-state index contributed by atoms with van der Waals surface area (Å²) in [6, 6.07) is 0. The highest BCUT2D eigenvalue weighted by atomic mass is 16.5. The summed E-state index contributed by atoms with van der Waals surface area (Å²) < 4.78 is 10.7. The Morgan fingerprint density at radius 2 is 1.50 bits per heavy atom. The lowest BCUT2D eigenvalue weighted by molar-refractivity contribution is -0.136. The number of ether oxygens (including phenoxy) is 2. The van der Waals surface area contributed by atoms with Crippen molar-refractivity contribution < 1.29 is 19.1 Å². The molecule has 0 unspecified atom stereocenters. The summed E-state index contributed by atoms with van der Waals surface area (Å²) in [7, 11) is 0. The molecule has 0 amide bonds. The van der Waals surface area contributed by atoms with Gasteiger partial charge in [-0.25, -0.2) is 9.59 Å². The van der Waals surface area contributed by atoms with E-state index >= 15 is 0 Å². The molecule has 4 heteroatoms. The van der Waals surface area contributed by atoms with Crippen molar-refractivity contribution in [2.45, 2.75) is 52.9 Å². The van der Waals surface area contributed by atoms with Gasteiger partial charge in [0, 0.05) is 24.0 Å². The van der Waals surface area contributed by atoms with Crippen molar-refractivity contribution in [2.24, 2.45) is 0 Å². The Bertz CT molecular complexity index is 772. The van der Waals surface area contributed by atoms with Gasteiger partial charge in [0.05, 0.1) is 0 Å². The summed E-state index contributed by atoms with van der Waals surface area (Å²) in [4.78, 5) is 23.3. The predicted octanol–water partition coefficient (Wildman–Crippen LogP) is 5.21. The number of hydrogen-bond acceptors (Lipinski definition) is 4. The summed E-state index contributed by atoms with van der Waals surface area (Å²) in [6.45, 7) is 12.6. The van der Waals surface area contributed by atoms with Gasteiger partial charge in [-0.2, -0.15) is 0 Å². The second-order valence-electron chi connectivity index (χ2n) is 6.63. The normalized spacial score (nSPS) is 17.0. The van der Waals surface area contributed by atoms with Crippen LogP contribution in [0.4, 0.5) is 0 Å². The van der Waals surface area contributed by atoms with Crippen molar-refractivity contribution in [3.05, 3.63) is 70.8 Å². The van der Waals surface area contributed by atoms with Crippen LogP contribution < -0.4 is 0 Å². The van der Waals surface area contributed by atoms with E-state index in [1.165, 1.54) is 16.7 Å². The zero-order chi connectivity index (χ0) is 19.3. The first-order chi connectivity index (χ1) is 12.3. The van der Waals surface area contributed by atoms with Crippen molar-refractivity contribution in [1.29, 1.82) is 0 Å². The second-order valence-corrected chi connectivity index (χ2v) is 6.63. The summed E-state index contributed by atoms with van der Waals surface area (Å²) in [5, 5.41) is 0. The molecule has 0 aromatic carbocycles. The van der Waals surface area contributed by atoms with E-state index in [1.807, 2.05) is 18.2 Å². The minimum absolute atomic E-state index is 0.376. The molecule has 0 spiro atoms. The highest BCUT2D eigenvalue weighted by molar-refractivity contribution is 5.88. The Labute approximate surface area is 155 Å². The predicted molar refractivity (Wildman–Crippen MR) is 102 cm³/mol. The first-order valence-corrected chi connectivity index (χ1v) is 8.89. The maximum Gasteiger partial charge on any atom is 0.338 e. The second kappa shape index (κ2) is 8.65. The van der Waals surface area contributed by atoms with Gasteiger partial charge < -0.3 is 9.47 Å². The third kappa shape index (κ3) is 4.94. The van der Waals surface area contributed by atoms with E-state index in [4.69, 9.17) is 9.47 Å². The van der Waals surface area contributed by atoms with Crippen LogP contribution >= 0.6 is 0 Å². The zero-order valence-electron chi connectivity index (χ0n) is 15.8. The maximum atomic E-state index is 11.7. The molecule has 0 aliphatic heterocycles. The van der Waals surface area contributed by atoms with Gasteiger partial charge in [0.15, 0.2) is 0 Å². The quantitative estimate of drug-likeness (QED) is 0.485. The molecule has 0 radical (unpaired) electrons. The van der Waals surface area contributed by atoms with Crippen molar-refractivity contribution in [3.8, 4) is 0 Å². The van der Waals surface area contributed by atoms with Gasteiger partial charge in [0.2, 0.25) is 0 Å². The largest absolute Gasteiger partial charge is 0.428 e. The molecule has 0 aromatic heterocycles. The molecule has 2 aliphatic carbocycles. The van der Waals surface area contributed by atoms with Crippen LogP contribution in [0.5, 0.6) is 0 Å². The fraction of sp³-hybridized carbons (Fsp3) is 0.364. The molecular formula is C22H26O4. The highest BCUT2D eigenvalue weighted by Crippen LogP contribution is 2.35. The van der Waals surface area contributed by atoms with E-state index in [0.29, 0.717) is 35.5 Å². The lowest BCUT2D eigenvalue weighted by Gasteiger charge is -2.23. The summed E-state index contributed by atoms with van der Waals surface area (Å²) in [5.41, 5.74) is 4.52. The zero-order valence-corrected chi connectivity index (χ0v) is 15.8. The highest BCUT2D eigenvalue weighted by Gasteiger charge is 2.21. The van der Waals surface area contributed by atoms with Crippen LogP contribution in [0, 0.1) is 0 Å². The van der Waals surface area contributed by atoms with Crippen LogP contribution in [0.25, 0.3) is 0 Å². The topological polar surface area (TPSA) is 52.6 Å². The molecular weight excluding hydrogens is 328 g/mol. The van der Waals surface area contributed by atoms with Crippen molar-refractivity contribution >= 4 is 11.9 Å². The molecule has 2 aliphatic rings. The van der Waals surface area contributed by atoms with Crippen molar-refractivity contribution in [3.63, 3.8) is 0 Å². The Balaban J connectivity index is 2.17. The van der Waals surface area contributed by atoms with Crippen LogP contribution in [-0.4, -0.2) is 11.9 Å². The van der Waals surface area contributed by atoms with Crippen LogP contribution in [0.15, 0.2) is 70.8 Å². The van der Waals surface area contributed by atoms with Crippen molar-refractivity contribution in [2.75, 3.05) is 0 Å². The average Bonchev–Trinajstić information content (AvgIpc) is 2.62. The average molecular weight is 354 g/mol. The van der Waals surface area contributed by atoms with E-state index in [9.17, 15) is 9.59 Å². The molecule has 26 heavy (non-hydrogen) atoms. The molecule has 4 nitrogen and oxygen atoms in total. The molecule has 0 N–H and O–H groups in total. The first-order valence-electron chi connectivity index (χ1n) is 8.89. The summed E-state index contributed by atoms with van der Waals surface area (Å²) in [5.74, 6) is 0.606. The van der Waals surface area contributed by atoms with E-state index < -0.39 is 0 Å². The Morgan fingerprint density at radius 3 is 2.00 bits per heavy atom. The Kier molecular flexibility index (Phi) is 6.56. The lowest BCUT2D eigenvalue weighted by Crippen LogP contribution is -2.11. The first kappa shape index (κ1) is 19.7. The van der Waals surface area contributed by atoms with E-state index in [2.05, 4.69) is 20.1 Å². The van der Waals surface area contributed by atoms with Gasteiger partial charge in [-0.15, -0.1) is 0 Å². The Hall–Kier alpha value is -2.62. The van der Waals surface area contributed by atoms with E-state index in [1.54, 1.807) is 13.8 Å². The molecule has 0 aromatic rings. The van der Waals surface area contributed by atoms with Gasteiger partial charge >= 0.3 is 11.9 Å². The molecule has 0 fully saturated rings. The molecule has 138 valence electrons. The van der Waals surface area contributed by atoms with Gasteiger partial charge in [0.25, 0.3) is 0 Å². The maximum absolute atomic E-state index is 11.7. The van der Waals surface area contributed by atoms with Gasteiger partial charge in [-0.05, 0) is 62.0 Å². The molecule has 0 heterocycles. The van der Waals surface area contributed by atoms with E-state index in [0.717, 1.165) is 19.3 Å². The fourth-order valence-electron chi connectivity index (χ4n) is 2.89. The molecule has 2 rings (SSSR count). The van der Waals surface area contributed by atoms with Crippen LogP contribution in [-0.2, 0) is 19.1 Å². The smallest absolute Gasteiger partial charge is 0.338 e. The molecule has 0 saturated heterocycles. The minimum atomic E-state index is -0.383. The van der Waals surface area contributed by atoms with Crippen LogP contribution in [0.1, 0.15) is 52.9 Å². The van der Waals surface area contributed by atoms with E-state index in [-0.39, 0.29) is 11.9 Å². The monoisotopic (exact) mass is 354 g/mol. The van der Waals surface area contributed by atoms with Gasteiger partial charge in [-0.3, -0.25) is 0 Å². The van der Waals surface area contributed by atoms with Crippen LogP contribution in [0.2, 0.25) is 0 Å². The summed E-state index contributed by atoms with van der Waals surface area (Å²) >= 11 is 0. The van der Waals surface area contributed by atoms with Crippen LogP contribution in [0.3, 0.4) is 0 Å². The standard InChI is InChI=1S/C22H26O4/c1-6-16-13-19(26-22(24)15(4)5)11-12-20(16)17-7-9-18(10-8-17)25-21(23)14(2)3/h7,9,13H,2,4,6,8,10-12H2,1,3,5H3. The van der Waals surface area contributed by atoms with Gasteiger partial charge in [-0.1, -0.05) is 26.2 Å². The SMILES string of the molecule is C=C(C)C(=O)OC1=CC=C(C2=C(CC)C=C(OC(=O)C(=C)C)CC2)CC1. The van der Waals surface area contributed by atoms with Crippen molar-refractivity contribution in [1.82, 2.24) is 0 Å². The Morgan fingerprint density at radius 1 is 0.923 bits per heavy atom. The summed E-state index contributed by atoms with van der Waals surface area (Å²) in [6.07, 6.45) is 9.75. The number of allylic oxidation sites excluding steroid dienone is 8. The lowest BCUT2D eigenvalue weighted by atomic mass is 9.85. The molecule has 0 saturated carbocycles. The third-order valence-corrected chi connectivity index (χ3v) is 4.37. The number of hydrogen-bond donors (Lipinski definition) is 0. The number of esters is 2. The third-order valence-electron chi connectivity index (χ3n) is 4.37. The number of carbonyl (C=O) groups excluding carboxylic acids is 2. The number of rotatable bonds is 6.